The monoisotopic (exact) mass is 303 g/mol. The summed E-state index contributed by atoms with van der Waals surface area (Å²) in [5.41, 5.74) is 3.04. The lowest BCUT2D eigenvalue weighted by molar-refractivity contribution is -0.130. The average molecular weight is 303 g/mol. The van der Waals surface area contributed by atoms with E-state index in [1.807, 2.05) is 25.5 Å². The van der Waals surface area contributed by atoms with Crippen LogP contribution in [0.2, 0.25) is 0 Å². The molecule has 0 saturated carbocycles. The van der Waals surface area contributed by atoms with Gasteiger partial charge >= 0.3 is 0 Å². The molecule has 0 unspecified atom stereocenters. The molecule has 110 valence electrons. The van der Waals surface area contributed by atoms with Gasteiger partial charge in [0.25, 0.3) is 0 Å². The summed E-state index contributed by atoms with van der Waals surface area (Å²) in [7, 11) is 1.83. The Kier molecular flexibility index (Phi) is 3.74. The van der Waals surface area contributed by atoms with Crippen LogP contribution in [-0.2, 0) is 17.8 Å². The van der Waals surface area contributed by atoms with Crippen molar-refractivity contribution >= 4 is 22.2 Å². The number of nitrogens with zero attached hydrogens (tertiary/aromatic N) is 4. The van der Waals surface area contributed by atoms with Crippen molar-refractivity contribution in [3.63, 3.8) is 0 Å². The van der Waals surface area contributed by atoms with Crippen molar-refractivity contribution < 1.29 is 4.79 Å². The highest BCUT2D eigenvalue weighted by molar-refractivity contribution is 7.15. The SMILES string of the molecule is Cc1nc2sccn2c1CN(C)C(=O)CCc1cnc[nH]1. The van der Waals surface area contributed by atoms with Crippen molar-refractivity contribution in [3.05, 3.63) is 41.2 Å². The number of fused-ring (bicyclic) bond motifs is 1. The summed E-state index contributed by atoms with van der Waals surface area (Å²) in [6.07, 6.45) is 6.54. The molecule has 3 aromatic heterocycles. The largest absolute Gasteiger partial charge is 0.348 e. The van der Waals surface area contributed by atoms with E-state index in [0.29, 0.717) is 19.4 Å². The quantitative estimate of drug-likeness (QED) is 0.784. The van der Waals surface area contributed by atoms with Gasteiger partial charge in [-0.3, -0.25) is 9.20 Å². The van der Waals surface area contributed by atoms with Gasteiger partial charge in [-0.2, -0.15) is 0 Å². The van der Waals surface area contributed by atoms with Crippen molar-refractivity contribution in [3.8, 4) is 0 Å². The first-order valence-electron chi connectivity index (χ1n) is 6.77. The van der Waals surface area contributed by atoms with E-state index < -0.39 is 0 Å². The van der Waals surface area contributed by atoms with Gasteiger partial charge < -0.3 is 9.88 Å². The van der Waals surface area contributed by atoms with Gasteiger partial charge in [0, 0.05) is 36.9 Å². The van der Waals surface area contributed by atoms with Gasteiger partial charge in [-0.1, -0.05) is 0 Å². The molecule has 6 nitrogen and oxygen atoms in total. The van der Waals surface area contributed by atoms with Gasteiger partial charge in [-0.05, 0) is 13.3 Å². The zero-order valence-corrected chi connectivity index (χ0v) is 12.9. The smallest absolute Gasteiger partial charge is 0.223 e. The molecule has 0 fully saturated rings. The molecule has 0 aliphatic carbocycles. The fourth-order valence-electron chi connectivity index (χ4n) is 2.30. The summed E-state index contributed by atoms with van der Waals surface area (Å²) in [5, 5.41) is 2.01. The highest BCUT2D eigenvalue weighted by Crippen LogP contribution is 2.18. The average Bonchev–Trinajstić information content (AvgIpc) is 3.16. The predicted molar refractivity (Wildman–Crippen MR) is 81.2 cm³/mol. The number of imidazole rings is 2. The summed E-state index contributed by atoms with van der Waals surface area (Å²) in [4.78, 5) is 26.4. The Morgan fingerprint density at radius 3 is 3.14 bits per heavy atom. The van der Waals surface area contributed by atoms with Gasteiger partial charge in [-0.15, -0.1) is 11.3 Å². The van der Waals surface area contributed by atoms with Gasteiger partial charge in [0.2, 0.25) is 5.91 Å². The Hall–Kier alpha value is -2.15. The number of aryl methyl sites for hydroxylation is 2. The fourth-order valence-corrected chi connectivity index (χ4v) is 3.08. The molecule has 0 saturated heterocycles. The Bertz CT molecular complexity index is 743. The Morgan fingerprint density at radius 2 is 2.38 bits per heavy atom. The normalized spacial score (nSPS) is 11.1. The number of thiazole rings is 1. The number of H-pyrrole nitrogens is 1. The standard InChI is InChI=1S/C14H17N5OS/c1-10-12(19-5-6-21-14(19)17-10)8-18(2)13(20)4-3-11-7-15-9-16-11/h5-7,9H,3-4,8H2,1-2H3,(H,15,16). The lowest BCUT2D eigenvalue weighted by Gasteiger charge is -2.17. The minimum absolute atomic E-state index is 0.120. The van der Waals surface area contributed by atoms with Crippen LogP contribution < -0.4 is 0 Å². The molecular formula is C14H17N5OS. The van der Waals surface area contributed by atoms with E-state index in [-0.39, 0.29) is 5.91 Å². The number of carbonyl (C=O) groups is 1. The number of amides is 1. The number of hydrogen-bond acceptors (Lipinski definition) is 4. The molecule has 0 aliphatic rings. The minimum Gasteiger partial charge on any atom is -0.348 e. The van der Waals surface area contributed by atoms with E-state index in [0.717, 1.165) is 22.0 Å². The van der Waals surface area contributed by atoms with E-state index in [9.17, 15) is 4.79 Å². The van der Waals surface area contributed by atoms with E-state index >= 15 is 0 Å². The lowest BCUT2D eigenvalue weighted by atomic mass is 10.2. The van der Waals surface area contributed by atoms with E-state index in [1.165, 1.54) is 0 Å². The molecule has 3 aromatic rings. The number of aromatic amines is 1. The molecule has 0 aromatic carbocycles. The van der Waals surface area contributed by atoms with E-state index in [1.54, 1.807) is 28.8 Å². The van der Waals surface area contributed by atoms with Crippen LogP contribution in [-0.4, -0.2) is 37.2 Å². The van der Waals surface area contributed by atoms with Gasteiger partial charge in [-0.25, -0.2) is 9.97 Å². The van der Waals surface area contributed by atoms with E-state index in [2.05, 4.69) is 19.4 Å². The van der Waals surface area contributed by atoms with Crippen LogP contribution in [0, 0.1) is 6.92 Å². The zero-order chi connectivity index (χ0) is 14.8. The topological polar surface area (TPSA) is 66.3 Å². The first-order valence-corrected chi connectivity index (χ1v) is 7.65. The summed E-state index contributed by atoms with van der Waals surface area (Å²) < 4.78 is 2.05. The Morgan fingerprint density at radius 1 is 1.52 bits per heavy atom. The molecule has 0 atom stereocenters. The summed E-state index contributed by atoms with van der Waals surface area (Å²) in [5.74, 6) is 0.120. The van der Waals surface area contributed by atoms with Crippen LogP contribution in [0.5, 0.6) is 0 Å². The first-order chi connectivity index (χ1) is 10.1. The maximum absolute atomic E-state index is 12.2. The first kappa shape index (κ1) is 13.8. The second-order valence-electron chi connectivity index (χ2n) is 5.03. The molecule has 3 heterocycles. The third kappa shape index (κ3) is 2.82. The van der Waals surface area contributed by atoms with E-state index in [4.69, 9.17) is 0 Å². The fraction of sp³-hybridized carbons (Fsp3) is 0.357. The molecular weight excluding hydrogens is 286 g/mol. The summed E-state index contributed by atoms with van der Waals surface area (Å²) >= 11 is 1.60. The van der Waals surface area contributed by atoms with Crippen molar-refractivity contribution in [1.82, 2.24) is 24.3 Å². The molecule has 1 N–H and O–H groups in total. The van der Waals surface area contributed by atoms with Crippen LogP contribution in [0.1, 0.15) is 23.5 Å². The Labute approximate surface area is 126 Å². The lowest BCUT2D eigenvalue weighted by Crippen LogP contribution is -2.27. The molecule has 1 amide bonds. The van der Waals surface area contributed by atoms with Gasteiger partial charge in [0.1, 0.15) is 0 Å². The van der Waals surface area contributed by atoms with Crippen LogP contribution >= 0.6 is 11.3 Å². The molecule has 21 heavy (non-hydrogen) atoms. The highest BCUT2D eigenvalue weighted by atomic mass is 32.1. The number of rotatable bonds is 5. The number of carbonyl (C=O) groups excluding carboxylic acids is 1. The molecule has 0 spiro atoms. The van der Waals surface area contributed by atoms with Crippen LogP contribution in [0.4, 0.5) is 0 Å². The van der Waals surface area contributed by atoms with Crippen LogP contribution in [0.25, 0.3) is 4.96 Å². The molecule has 7 heteroatoms. The molecule has 3 rings (SSSR count). The van der Waals surface area contributed by atoms with Crippen molar-refractivity contribution in [1.29, 1.82) is 0 Å². The van der Waals surface area contributed by atoms with Crippen LogP contribution in [0.15, 0.2) is 24.1 Å². The molecule has 0 bridgehead atoms. The maximum atomic E-state index is 12.2. The summed E-state index contributed by atoms with van der Waals surface area (Å²) in [6, 6.07) is 0. The van der Waals surface area contributed by atoms with Gasteiger partial charge in [0.15, 0.2) is 4.96 Å². The third-order valence-electron chi connectivity index (χ3n) is 3.54. The number of hydrogen-bond donors (Lipinski definition) is 1. The Balaban J connectivity index is 1.65. The van der Waals surface area contributed by atoms with Crippen molar-refractivity contribution in [2.75, 3.05) is 7.05 Å². The number of aromatic nitrogens is 4. The number of nitrogens with one attached hydrogen (secondary N) is 1. The highest BCUT2D eigenvalue weighted by Gasteiger charge is 2.15. The van der Waals surface area contributed by atoms with Gasteiger partial charge in [0.05, 0.1) is 24.3 Å². The molecule has 0 aliphatic heterocycles. The summed E-state index contributed by atoms with van der Waals surface area (Å²) in [6.45, 7) is 2.56. The van der Waals surface area contributed by atoms with Crippen molar-refractivity contribution in [2.24, 2.45) is 0 Å². The predicted octanol–water partition coefficient (Wildman–Crippen LogP) is 2.02. The third-order valence-corrected chi connectivity index (χ3v) is 4.29. The van der Waals surface area contributed by atoms with Crippen molar-refractivity contribution in [2.45, 2.75) is 26.3 Å². The minimum atomic E-state index is 0.120. The second kappa shape index (κ2) is 5.69. The van der Waals surface area contributed by atoms with Crippen LogP contribution in [0.3, 0.4) is 0 Å². The second-order valence-corrected chi connectivity index (χ2v) is 5.90. The maximum Gasteiger partial charge on any atom is 0.223 e. The molecule has 0 radical (unpaired) electrons. The zero-order valence-electron chi connectivity index (χ0n) is 12.0.